The zero-order valence-electron chi connectivity index (χ0n) is 5.12. The molecule has 0 bridgehead atoms. The summed E-state index contributed by atoms with van der Waals surface area (Å²) in [5.74, 6) is -3.09. The molecule has 0 saturated carbocycles. The third kappa shape index (κ3) is 15.7. The number of carbonyl (C=O) groups excluding carboxylic acids is 2. The van der Waals surface area contributed by atoms with Crippen LogP contribution in [0.4, 0.5) is 0 Å². The summed E-state index contributed by atoms with van der Waals surface area (Å²) in [6, 6.07) is 0. The van der Waals surface area contributed by atoms with Gasteiger partial charge in [0.05, 0.1) is 11.9 Å². The molecule has 0 fully saturated rings. The van der Waals surface area contributed by atoms with E-state index in [4.69, 9.17) is 0 Å². The molecule has 0 saturated heterocycles. The van der Waals surface area contributed by atoms with Crippen LogP contribution in [-0.2, 0) is 26.4 Å². The van der Waals surface area contributed by atoms with E-state index in [1.54, 1.807) is 0 Å². The molecule has 0 spiro atoms. The van der Waals surface area contributed by atoms with Crippen molar-refractivity contribution in [2.45, 2.75) is 0 Å². The Balaban J connectivity index is -0.000000245. The third-order valence-corrected chi connectivity index (χ3v) is 0.355. The Morgan fingerprint density at radius 1 is 1.00 bits per heavy atom. The van der Waals surface area contributed by atoms with Crippen LogP contribution in [0.15, 0.2) is 12.2 Å². The molecule has 0 amide bonds. The number of carbonyl (C=O) groups is 2. The molecular formula is C4H2CoNaO4+. The van der Waals surface area contributed by atoms with Crippen LogP contribution in [0.3, 0.4) is 0 Å². The van der Waals surface area contributed by atoms with E-state index in [1.807, 2.05) is 0 Å². The summed E-state index contributed by atoms with van der Waals surface area (Å²) in [6.07, 6.45) is 0.769. The quantitative estimate of drug-likeness (QED) is 0.325. The number of carboxylic acids is 2. The van der Waals surface area contributed by atoms with Gasteiger partial charge in [-0.2, -0.15) is 0 Å². The monoisotopic (exact) mass is 196 g/mol. The molecule has 0 aromatic carbocycles. The van der Waals surface area contributed by atoms with Crippen molar-refractivity contribution in [2.75, 3.05) is 0 Å². The van der Waals surface area contributed by atoms with Gasteiger partial charge in [-0.15, -0.1) is 0 Å². The molecule has 51 valence electrons. The molecule has 0 aliphatic heterocycles. The minimum atomic E-state index is -1.55. The van der Waals surface area contributed by atoms with Crippen LogP contribution >= 0.6 is 0 Å². The second-order valence-corrected chi connectivity index (χ2v) is 0.971. The first kappa shape index (κ1) is 16.6. The van der Waals surface area contributed by atoms with Crippen molar-refractivity contribution >= 4 is 11.9 Å². The van der Waals surface area contributed by atoms with Gasteiger partial charge in [-0.25, -0.2) is 0 Å². The second kappa shape index (κ2) is 9.19. The Bertz CT molecular complexity index is 128. The molecule has 0 atom stereocenters. The number of carboxylic acid groups (broad SMARTS) is 2. The van der Waals surface area contributed by atoms with E-state index in [2.05, 4.69) is 0 Å². The van der Waals surface area contributed by atoms with E-state index < -0.39 is 11.9 Å². The normalized spacial score (nSPS) is 7.60. The summed E-state index contributed by atoms with van der Waals surface area (Å²) in [5, 5.41) is 18.8. The van der Waals surface area contributed by atoms with Gasteiger partial charge in [-0.05, 0) is 12.2 Å². The maximum atomic E-state index is 9.41. The molecule has 0 aliphatic carbocycles. The minimum absolute atomic E-state index is 0. The molecule has 1 radical (unpaired) electrons. The Labute approximate surface area is 89.8 Å². The fourth-order valence-corrected chi connectivity index (χ4v) is 0.136. The molecule has 0 aliphatic rings. The summed E-state index contributed by atoms with van der Waals surface area (Å²) in [4.78, 5) is 18.8. The molecule has 0 N–H and O–H groups in total. The largest absolute Gasteiger partial charge is 2.00 e. The first-order valence-corrected chi connectivity index (χ1v) is 1.73. The summed E-state index contributed by atoms with van der Waals surface area (Å²) in [5.41, 5.74) is 0. The van der Waals surface area contributed by atoms with Crippen LogP contribution in [0.1, 0.15) is 0 Å². The standard InChI is InChI=1S/C4H4O4.Co.Na/c5-3(6)1-2-4(7)8;;/h1-2H,(H,5,6)(H,7,8);;/q;+2;+1/p-2/b2-1+;;. The molecule has 0 aromatic heterocycles. The summed E-state index contributed by atoms with van der Waals surface area (Å²) >= 11 is 0. The van der Waals surface area contributed by atoms with Gasteiger partial charge in [0.15, 0.2) is 0 Å². The van der Waals surface area contributed by atoms with Gasteiger partial charge in [0, 0.05) is 0 Å². The van der Waals surface area contributed by atoms with Crippen molar-refractivity contribution in [3.8, 4) is 0 Å². The fraction of sp³-hybridized carbons (Fsp3) is 0. The van der Waals surface area contributed by atoms with Crippen LogP contribution in [-0.4, -0.2) is 11.9 Å². The van der Waals surface area contributed by atoms with E-state index in [0.29, 0.717) is 12.2 Å². The maximum absolute atomic E-state index is 9.41. The minimum Gasteiger partial charge on any atom is -0.545 e. The fourth-order valence-electron chi connectivity index (χ4n) is 0.136. The summed E-state index contributed by atoms with van der Waals surface area (Å²) in [7, 11) is 0. The SMILES string of the molecule is O=C([O-])/C=C/C(=O)[O-].[Co+2].[Na+]. The van der Waals surface area contributed by atoms with E-state index in [-0.39, 0.29) is 46.3 Å². The topological polar surface area (TPSA) is 80.3 Å². The second-order valence-electron chi connectivity index (χ2n) is 0.971. The molecule has 10 heavy (non-hydrogen) atoms. The van der Waals surface area contributed by atoms with Gasteiger partial charge in [0.1, 0.15) is 0 Å². The Hall–Kier alpha value is 0.186. The molecule has 0 heterocycles. The average molecular weight is 196 g/mol. The van der Waals surface area contributed by atoms with Gasteiger partial charge < -0.3 is 19.8 Å². The third-order valence-electron chi connectivity index (χ3n) is 0.355. The van der Waals surface area contributed by atoms with Crippen LogP contribution in [0, 0.1) is 0 Å². The number of aliphatic carboxylic acids is 2. The molecule has 0 rings (SSSR count). The molecule has 0 unspecified atom stereocenters. The van der Waals surface area contributed by atoms with Crippen molar-refractivity contribution in [3.05, 3.63) is 12.2 Å². The van der Waals surface area contributed by atoms with Crippen molar-refractivity contribution in [1.29, 1.82) is 0 Å². The molecule has 6 heteroatoms. The summed E-state index contributed by atoms with van der Waals surface area (Å²) < 4.78 is 0. The van der Waals surface area contributed by atoms with Gasteiger partial charge in [0.2, 0.25) is 0 Å². The van der Waals surface area contributed by atoms with Crippen molar-refractivity contribution < 1.29 is 66.1 Å². The van der Waals surface area contributed by atoms with Crippen LogP contribution in [0.5, 0.6) is 0 Å². The average Bonchev–Trinajstić information content (AvgIpc) is 1.61. The van der Waals surface area contributed by atoms with E-state index in [0.717, 1.165) is 0 Å². The Morgan fingerprint density at radius 3 is 1.30 bits per heavy atom. The van der Waals surface area contributed by atoms with Crippen LogP contribution < -0.4 is 39.8 Å². The molecular weight excluding hydrogens is 194 g/mol. The van der Waals surface area contributed by atoms with Crippen molar-refractivity contribution in [3.63, 3.8) is 0 Å². The first-order valence-electron chi connectivity index (χ1n) is 1.73. The van der Waals surface area contributed by atoms with E-state index in [1.165, 1.54) is 0 Å². The first-order chi connectivity index (χ1) is 3.63. The zero-order valence-corrected chi connectivity index (χ0v) is 8.16. The van der Waals surface area contributed by atoms with Gasteiger partial charge >= 0.3 is 46.3 Å². The smallest absolute Gasteiger partial charge is 0.545 e. The van der Waals surface area contributed by atoms with Gasteiger partial charge in [0.25, 0.3) is 0 Å². The summed E-state index contributed by atoms with van der Waals surface area (Å²) in [6.45, 7) is 0. The Morgan fingerprint density at radius 2 is 1.20 bits per heavy atom. The van der Waals surface area contributed by atoms with E-state index >= 15 is 0 Å². The van der Waals surface area contributed by atoms with Crippen molar-refractivity contribution in [2.24, 2.45) is 0 Å². The van der Waals surface area contributed by atoms with Crippen molar-refractivity contribution in [1.82, 2.24) is 0 Å². The van der Waals surface area contributed by atoms with E-state index in [9.17, 15) is 19.8 Å². The van der Waals surface area contributed by atoms with Crippen LogP contribution in [0.25, 0.3) is 0 Å². The van der Waals surface area contributed by atoms with Crippen LogP contribution in [0.2, 0.25) is 0 Å². The molecule has 4 nitrogen and oxygen atoms in total. The van der Waals surface area contributed by atoms with Gasteiger partial charge in [-0.1, -0.05) is 0 Å². The number of hydrogen-bond acceptors (Lipinski definition) is 4. The Kier molecular flexibility index (Phi) is 15.3. The predicted molar refractivity (Wildman–Crippen MR) is 19.2 cm³/mol. The van der Waals surface area contributed by atoms with Gasteiger partial charge in [-0.3, -0.25) is 0 Å². The number of hydrogen-bond donors (Lipinski definition) is 0. The maximum Gasteiger partial charge on any atom is 2.00 e. The molecule has 0 aromatic rings. The zero-order chi connectivity index (χ0) is 6.57. The number of rotatable bonds is 2. The predicted octanol–water partition coefficient (Wildman–Crippen LogP) is -5.96.